The summed E-state index contributed by atoms with van der Waals surface area (Å²) in [6, 6.07) is 16.1. The lowest BCUT2D eigenvalue weighted by molar-refractivity contribution is -0.133. The van der Waals surface area contributed by atoms with Gasteiger partial charge in [0.05, 0.1) is 18.7 Å². The van der Waals surface area contributed by atoms with Crippen LogP contribution in [0.15, 0.2) is 66.0 Å². The first kappa shape index (κ1) is 29.2. The first-order valence-corrected chi connectivity index (χ1v) is 14.4. The van der Waals surface area contributed by atoms with E-state index in [1.165, 1.54) is 17.0 Å². The molecular formula is C30H35FN4O4S. The van der Waals surface area contributed by atoms with E-state index >= 15 is 0 Å². The van der Waals surface area contributed by atoms with Gasteiger partial charge in [-0.15, -0.1) is 11.3 Å². The number of nitrogens with zero attached hydrogens (tertiary/aromatic N) is 3. The highest BCUT2D eigenvalue weighted by atomic mass is 32.1. The lowest BCUT2D eigenvalue weighted by atomic mass is 10.2. The third-order valence-corrected chi connectivity index (χ3v) is 7.57. The molecule has 4 rings (SSSR count). The van der Waals surface area contributed by atoms with Crippen molar-refractivity contribution >= 4 is 34.9 Å². The van der Waals surface area contributed by atoms with Crippen molar-refractivity contribution in [2.45, 2.75) is 32.9 Å². The third-order valence-electron chi connectivity index (χ3n) is 6.71. The van der Waals surface area contributed by atoms with E-state index in [9.17, 15) is 18.8 Å². The second-order valence-electron chi connectivity index (χ2n) is 9.65. The molecule has 0 atom stereocenters. The fourth-order valence-corrected chi connectivity index (χ4v) is 5.24. The Morgan fingerprint density at radius 3 is 2.35 bits per heavy atom. The van der Waals surface area contributed by atoms with E-state index in [0.29, 0.717) is 37.4 Å². The van der Waals surface area contributed by atoms with E-state index in [-0.39, 0.29) is 24.9 Å². The summed E-state index contributed by atoms with van der Waals surface area (Å²) in [6.45, 7) is 5.63. The summed E-state index contributed by atoms with van der Waals surface area (Å²) in [5.74, 6) is -0.961. The SMILES string of the molecule is CCOC(=O)c1ccc(NC(=O)N(CCN2CCCC2)CC(=O)N(Cc2ccc(F)cc2)Cc2cccs2)cc1. The summed E-state index contributed by atoms with van der Waals surface area (Å²) in [5.41, 5.74) is 1.71. The fraction of sp³-hybridized carbons (Fsp3) is 0.367. The van der Waals surface area contributed by atoms with E-state index in [1.54, 1.807) is 59.6 Å². The molecule has 40 heavy (non-hydrogen) atoms. The maximum absolute atomic E-state index is 13.7. The van der Waals surface area contributed by atoms with E-state index in [1.807, 2.05) is 17.5 Å². The zero-order valence-electron chi connectivity index (χ0n) is 22.7. The molecule has 1 saturated heterocycles. The van der Waals surface area contributed by atoms with Crippen LogP contribution in [0.4, 0.5) is 14.9 Å². The summed E-state index contributed by atoms with van der Waals surface area (Å²) in [5, 5.41) is 4.82. The van der Waals surface area contributed by atoms with Gasteiger partial charge in [0.15, 0.2) is 0 Å². The number of benzene rings is 2. The standard InChI is InChI=1S/C30H35FN4O4S/c1-2-39-29(37)24-9-13-26(14-10-24)32-30(38)34(18-17-33-15-3-4-16-33)22-28(36)35(21-27-6-5-19-40-27)20-23-7-11-25(31)12-8-23/h5-14,19H,2-4,15-18,20-22H2,1H3,(H,32,38). The first-order chi connectivity index (χ1) is 19.4. The predicted octanol–water partition coefficient (Wildman–Crippen LogP) is 5.22. The summed E-state index contributed by atoms with van der Waals surface area (Å²) in [6.07, 6.45) is 2.26. The quantitative estimate of drug-likeness (QED) is 0.304. The minimum absolute atomic E-state index is 0.104. The topological polar surface area (TPSA) is 82.2 Å². The molecule has 0 saturated carbocycles. The number of likely N-dealkylation sites (tertiary alicyclic amines) is 1. The van der Waals surface area contributed by atoms with Crippen LogP contribution in [0.1, 0.15) is 40.6 Å². The van der Waals surface area contributed by atoms with Crippen molar-refractivity contribution in [3.8, 4) is 0 Å². The number of esters is 1. The van der Waals surface area contributed by atoms with E-state index in [0.717, 1.165) is 36.4 Å². The molecule has 2 heterocycles. The molecule has 3 amide bonds. The van der Waals surface area contributed by atoms with Crippen LogP contribution in [0.3, 0.4) is 0 Å². The Morgan fingerprint density at radius 2 is 1.70 bits per heavy atom. The molecule has 212 valence electrons. The Labute approximate surface area is 238 Å². The Bertz CT molecular complexity index is 1250. The maximum atomic E-state index is 13.7. The van der Waals surface area contributed by atoms with Gasteiger partial charge in [0.2, 0.25) is 5.91 Å². The third kappa shape index (κ3) is 8.62. The van der Waals surface area contributed by atoms with Gasteiger partial charge in [-0.2, -0.15) is 0 Å². The van der Waals surface area contributed by atoms with Crippen LogP contribution < -0.4 is 5.32 Å². The highest BCUT2D eigenvalue weighted by Crippen LogP contribution is 2.17. The molecule has 1 aliphatic heterocycles. The number of carbonyl (C=O) groups is 3. The Balaban J connectivity index is 1.47. The zero-order chi connectivity index (χ0) is 28.3. The molecule has 8 nitrogen and oxygen atoms in total. The summed E-state index contributed by atoms with van der Waals surface area (Å²) in [7, 11) is 0. The molecule has 2 aromatic carbocycles. The average Bonchev–Trinajstić information content (AvgIpc) is 3.67. The van der Waals surface area contributed by atoms with Crippen LogP contribution in [0.5, 0.6) is 0 Å². The molecule has 0 bridgehead atoms. The highest BCUT2D eigenvalue weighted by Gasteiger charge is 2.24. The molecule has 0 radical (unpaired) electrons. The van der Waals surface area contributed by atoms with Crippen LogP contribution in [0.25, 0.3) is 0 Å². The van der Waals surface area contributed by atoms with Crippen LogP contribution in [-0.2, 0) is 22.6 Å². The molecule has 3 aromatic rings. The van der Waals surface area contributed by atoms with Crippen LogP contribution in [0, 0.1) is 5.82 Å². The number of thiophene rings is 1. The number of carbonyl (C=O) groups excluding carboxylic acids is 3. The smallest absolute Gasteiger partial charge is 0.338 e. The van der Waals surface area contributed by atoms with Crippen LogP contribution in [-0.4, -0.2) is 71.9 Å². The first-order valence-electron chi connectivity index (χ1n) is 13.5. The van der Waals surface area contributed by atoms with Crippen molar-refractivity contribution in [2.75, 3.05) is 44.6 Å². The Morgan fingerprint density at radius 1 is 0.975 bits per heavy atom. The number of urea groups is 1. The fourth-order valence-electron chi connectivity index (χ4n) is 4.52. The number of ether oxygens (including phenoxy) is 1. The van der Waals surface area contributed by atoms with Gasteiger partial charge in [-0.05, 0) is 86.3 Å². The van der Waals surface area contributed by atoms with Gasteiger partial charge >= 0.3 is 12.0 Å². The lowest BCUT2D eigenvalue weighted by Gasteiger charge is -2.29. The highest BCUT2D eigenvalue weighted by molar-refractivity contribution is 7.09. The second kappa shape index (κ2) is 14.6. The van der Waals surface area contributed by atoms with Crippen molar-refractivity contribution in [3.63, 3.8) is 0 Å². The van der Waals surface area contributed by atoms with Crippen molar-refractivity contribution in [2.24, 2.45) is 0 Å². The summed E-state index contributed by atoms with van der Waals surface area (Å²) in [4.78, 5) is 45.6. The molecule has 0 aliphatic carbocycles. The van der Waals surface area contributed by atoms with Gasteiger partial charge < -0.3 is 24.8 Å². The molecule has 1 aliphatic rings. The van der Waals surface area contributed by atoms with Gasteiger partial charge in [0, 0.05) is 30.2 Å². The van der Waals surface area contributed by atoms with Gasteiger partial charge in [0.1, 0.15) is 12.4 Å². The summed E-state index contributed by atoms with van der Waals surface area (Å²) >= 11 is 1.56. The molecular weight excluding hydrogens is 531 g/mol. The number of rotatable bonds is 12. The number of amides is 3. The normalized spacial score (nSPS) is 13.2. The van der Waals surface area contributed by atoms with Crippen molar-refractivity contribution < 1.29 is 23.5 Å². The van der Waals surface area contributed by atoms with Crippen molar-refractivity contribution in [1.29, 1.82) is 0 Å². The van der Waals surface area contributed by atoms with Gasteiger partial charge in [0.25, 0.3) is 0 Å². The summed E-state index contributed by atoms with van der Waals surface area (Å²) < 4.78 is 18.5. The number of nitrogens with one attached hydrogen (secondary N) is 1. The van der Waals surface area contributed by atoms with Crippen molar-refractivity contribution in [3.05, 3.63) is 87.9 Å². The Hall–Kier alpha value is -3.76. The molecule has 1 fully saturated rings. The second-order valence-corrected chi connectivity index (χ2v) is 10.7. The van der Waals surface area contributed by atoms with Crippen LogP contribution >= 0.6 is 11.3 Å². The molecule has 10 heteroatoms. The molecule has 1 N–H and O–H groups in total. The van der Waals surface area contributed by atoms with Crippen LogP contribution in [0.2, 0.25) is 0 Å². The number of hydrogen-bond donors (Lipinski definition) is 1. The largest absolute Gasteiger partial charge is 0.462 e. The number of halogens is 1. The van der Waals surface area contributed by atoms with E-state index < -0.39 is 12.0 Å². The van der Waals surface area contributed by atoms with E-state index in [4.69, 9.17) is 4.74 Å². The van der Waals surface area contributed by atoms with Crippen molar-refractivity contribution in [1.82, 2.24) is 14.7 Å². The van der Waals surface area contributed by atoms with Gasteiger partial charge in [-0.3, -0.25) is 4.79 Å². The Kier molecular flexibility index (Phi) is 10.7. The predicted molar refractivity (Wildman–Crippen MR) is 154 cm³/mol. The van der Waals surface area contributed by atoms with Gasteiger partial charge in [-0.25, -0.2) is 14.0 Å². The lowest BCUT2D eigenvalue weighted by Crippen LogP contribution is -2.46. The molecule has 0 unspecified atom stereocenters. The minimum atomic E-state index is -0.426. The zero-order valence-corrected chi connectivity index (χ0v) is 23.5. The maximum Gasteiger partial charge on any atom is 0.338 e. The molecule has 0 spiro atoms. The minimum Gasteiger partial charge on any atom is -0.462 e. The number of hydrogen-bond acceptors (Lipinski definition) is 6. The monoisotopic (exact) mass is 566 g/mol. The number of anilines is 1. The average molecular weight is 567 g/mol. The van der Waals surface area contributed by atoms with E-state index in [2.05, 4.69) is 10.2 Å². The molecule has 1 aromatic heterocycles. The van der Waals surface area contributed by atoms with Gasteiger partial charge in [-0.1, -0.05) is 18.2 Å².